The zero-order valence-corrected chi connectivity index (χ0v) is 18.4. The Morgan fingerprint density at radius 2 is 1.90 bits per heavy atom. The van der Waals surface area contributed by atoms with Crippen LogP contribution in [0.1, 0.15) is 21.5 Å². The molecule has 1 amide bonds. The molecule has 2 aromatic carbocycles. The van der Waals surface area contributed by atoms with Crippen LogP contribution in [0.4, 0.5) is 5.69 Å². The molecule has 0 saturated heterocycles. The van der Waals surface area contributed by atoms with Crippen LogP contribution < -0.4 is 10.9 Å². The van der Waals surface area contributed by atoms with Gasteiger partial charge < -0.3 is 5.32 Å². The van der Waals surface area contributed by atoms with E-state index in [1.54, 1.807) is 36.5 Å². The summed E-state index contributed by atoms with van der Waals surface area (Å²) in [5.41, 5.74) is 2.67. The maximum Gasteiger partial charge on any atom is 0.265 e. The van der Waals surface area contributed by atoms with Crippen LogP contribution in [0.15, 0.2) is 76.1 Å². The maximum atomic E-state index is 13.2. The van der Waals surface area contributed by atoms with Crippen molar-refractivity contribution in [2.45, 2.75) is 13.5 Å². The number of nitrogens with one attached hydrogen (secondary N) is 1. The van der Waals surface area contributed by atoms with Crippen molar-refractivity contribution in [1.29, 1.82) is 0 Å². The van der Waals surface area contributed by atoms with Gasteiger partial charge >= 0.3 is 0 Å². The molecule has 0 bridgehead atoms. The SMILES string of the molecule is Cc1cc(NC(=O)c2cc3cccnc3n(Cc3ccc(Cl)cc3)c2=O)ccc1Br. The van der Waals surface area contributed by atoms with Gasteiger partial charge in [-0.15, -0.1) is 0 Å². The molecular weight excluding hydrogens is 466 g/mol. The first kappa shape index (κ1) is 20.3. The van der Waals surface area contributed by atoms with E-state index in [-0.39, 0.29) is 12.1 Å². The van der Waals surface area contributed by atoms with Gasteiger partial charge in [-0.3, -0.25) is 14.2 Å². The minimum Gasteiger partial charge on any atom is -0.322 e. The van der Waals surface area contributed by atoms with E-state index in [4.69, 9.17) is 11.6 Å². The molecule has 4 rings (SSSR count). The van der Waals surface area contributed by atoms with Crippen molar-refractivity contribution >= 4 is 50.2 Å². The first-order valence-electron chi connectivity index (χ1n) is 9.23. The zero-order valence-electron chi connectivity index (χ0n) is 16.0. The number of nitrogens with zero attached hydrogens (tertiary/aromatic N) is 2. The molecule has 0 spiro atoms. The summed E-state index contributed by atoms with van der Waals surface area (Å²) in [6.45, 7) is 2.21. The summed E-state index contributed by atoms with van der Waals surface area (Å²) in [5, 5.41) is 4.15. The van der Waals surface area contributed by atoms with Gasteiger partial charge in [0.05, 0.1) is 6.54 Å². The molecule has 0 aliphatic carbocycles. The number of carbonyl (C=O) groups is 1. The highest BCUT2D eigenvalue weighted by atomic mass is 79.9. The summed E-state index contributed by atoms with van der Waals surface area (Å²) >= 11 is 9.41. The lowest BCUT2D eigenvalue weighted by molar-refractivity contribution is 0.102. The molecule has 0 fully saturated rings. The van der Waals surface area contributed by atoms with E-state index in [0.717, 1.165) is 15.6 Å². The van der Waals surface area contributed by atoms with Crippen LogP contribution in [0.25, 0.3) is 11.0 Å². The van der Waals surface area contributed by atoms with E-state index in [0.29, 0.717) is 21.7 Å². The van der Waals surface area contributed by atoms with E-state index in [2.05, 4.69) is 26.2 Å². The second kappa shape index (κ2) is 8.42. The summed E-state index contributed by atoms with van der Waals surface area (Å²) in [6, 6.07) is 17.9. The van der Waals surface area contributed by atoms with Gasteiger partial charge in [0.2, 0.25) is 0 Å². The smallest absolute Gasteiger partial charge is 0.265 e. The molecule has 4 aromatic rings. The van der Waals surface area contributed by atoms with Gasteiger partial charge in [-0.25, -0.2) is 4.98 Å². The molecule has 150 valence electrons. The quantitative estimate of drug-likeness (QED) is 0.422. The van der Waals surface area contributed by atoms with Gasteiger partial charge in [-0.2, -0.15) is 0 Å². The number of aryl methyl sites for hydroxylation is 1. The number of anilines is 1. The minimum atomic E-state index is -0.461. The van der Waals surface area contributed by atoms with Gasteiger partial charge in [-0.05, 0) is 66.6 Å². The number of aromatic nitrogens is 2. The predicted octanol–water partition coefficient (Wildman–Crippen LogP) is 5.42. The predicted molar refractivity (Wildman–Crippen MR) is 123 cm³/mol. The van der Waals surface area contributed by atoms with Crippen LogP contribution in [0.3, 0.4) is 0 Å². The van der Waals surface area contributed by atoms with Crippen molar-refractivity contribution < 1.29 is 4.79 Å². The van der Waals surface area contributed by atoms with Crippen LogP contribution in [0, 0.1) is 6.92 Å². The largest absolute Gasteiger partial charge is 0.322 e. The lowest BCUT2D eigenvalue weighted by Crippen LogP contribution is -2.30. The lowest BCUT2D eigenvalue weighted by Gasteiger charge is -2.13. The molecule has 0 unspecified atom stereocenters. The van der Waals surface area contributed by atoms with Crippen LogP contribution >= 0.6 is 27.5 Å². The summed E-state index contributed by atoms with van der Waals surface area (Å²) < 4.78 is 2.46. The van der Waals surface area contributed by atoms with E-state index < -0.39 is 11.5 Å². The van der Waals surface area contributed by atoms with Gasteiger partial charge in [0.1, 0.15) is 11.2 Å². The van der Waals surface area contributed by atoms with Crippen molar-refractivity contribution in [1.82, 2.24) is 9.55 Å². The van der Waals surface area contributed by atoms with Gasteiger partial charge in [-0.1, -0.05) is 39.7 Å². The highest BCUT2D eigenvalue weighted by molar-refractivity contribution is 9.10. The molecule has 7 heteroatoms. The Bertz CT molecular complexity index is 1320. The second-order valence-corrected chi connectivity index (χ2v) is 8.20. The molecule has 0 aliphatic rings. The first-order valence-corrected chi connectivity index (χ1v) is 10.4. The molecule has 2 heterocycles. The average molecular weight is 483 g/mol. The number of rotatable bonds is 4. The van der Waals surface area contributed by atoms with Crippen LogP contribution in [0.5, 0.6) is 0 Å². The third-order valence-corrected chi connectivity index (χ3v) is 5.90. The third-order valence-electron chi connectivity index (χ3n) is 4.76. The first-order chi connectivity index (χ1) is 14.4. The molecule has 0 aliphatic heterocycles. The van der Waals surface area contributed by atoms with Crippen molar-refractivity contribution in [2.75, 3.05) is 5.32 Å². The summed E-state index contributed by atoms with van der Waals surface area (Å²) in [6.07, 6.45) is 1.63. The van der Waals surface area contributed by atoms with E-state index in [1.165, 1.54) is 4.57 Å². The number of hydrogen-bond donors (Lipinski definition) is 1. The molecule has 1 N–H and O–H groups in total. The van der Waals surface area contributed by atoms with Gasteiger partial charge in [0.25, 0.3) is 11.5 Å². The standard InChI is InChI=1S/C23H17BrClN3O2/c1-14-11-18(8-9-20(14)24)27-22(29)19-12-16-3-2-10-26-21(16)28(23(19)30)13-15-4-6-17(25)7-5-15/h2-12H,13H2,1H3,(H,27,29). The Kier molecular flexibility index (Phi) is 5.70. The van der Waals surface area contributed by atoms with E-state index in [1.807, 2.05) is 37.3 Å². The molecule has 0 atom stereocenters. The van der Waals surface area contributed by atoms with Crippen molar-refractivity contribution in [3.05, 3.63) is 103 Å². The minimum absolute atomic E-state index is 0.0602. The molecule has 0 radical (unpaired) electrons. The molecule has 2 aromatic heterocycles. The Labute approximate surface area is 186 Å². The highest BCUT2D eigenvalue weighted by Gasteiger charge is 2.17. The van der Waals surface area contributed by atoms with Crippen molar-refractivity contribution in [3.63, 3.8) is 0 Å². The Morgan fingerprint density at radius 1 is 1.13 bits per heavy atom. The van der Waals surface area contributed by atoms with Crippen LogP contribution in [-0.2, 0) is 6.54 Å². The number of hydrogen-bond acceptors (Lipinski definition) is 3. The topological polar surface area (TPSA) is 64.0 Å². The van der Waals surface area contributed by atoms with E-state index in [9.17, 15) is 9.59 Å². The summed E-state index contributed by atoms with van der Waals surface area (Å²) in [7, 11) is 0. The fourth-order valence-corrected chi connectivity index (χ4v) is 3.58. The van der Waals surface area contributed by atoms with Gasteiger partial charge in [0.15, 0.2) is 0 Å². The zero-order chi connectivity index (χ0) is 21.3. The van der Waals surface area contributed by atoms with Crippen LogP contribution in [0.2, 0.25) is 5.02 Å². The number of pyridine rings is 2. The highest BCUT2D eigenvalue weighted by Crippen LogP contribution is 2.21. The molecule has 0 saturated carbocycles. The Balaban J connectivity index is 1.77. The normalized spacial score (nSPS) is 10.9. The molecule has 30 heavy (non-hydrogen) atoms. The number of halogens is 2. The van der Waals surface area contributed by atoms with Crippen LogP contribution in [-0.4, -0.2) is 15.5 Å². The van der Waals surface area contributed by atoms with Crippen molar-refractivity contribution in [2.24, 2.45) is 0 Å². The lowest BCUT2D eigenvalue weighted by atomic mass is 10.1. The van der Waals surface area contributed by atoms with Gasteiger partial charge in [0, 0.05) is 26.8 Å². The summed E-state index contributed by atoms with van der Waals surface area (Å²) in [4.78, 5) is 30.5. The Hall–Kier alpha value is -2.96. The van der Waals surface area contributed by atoms with Crippen molar-refractivity contribution in [3.8, 4) is 0 Å². The number of benzene rings is 2. The number of carbonyl (C=O) groups excluding carboxylic acids is 1. The third kappa shape index (κ3) is 4.15. The average Bonchev–Trinajstić information content (AvgIpc) is 2.74. The summed E-state index contributed by atoms with van der Waals surface area (Å²) in [5.74, 6) is -0.461. The maximum absolute atomic E-state index is 13.2. The fraction of sp³-hybridized carbons (Fsp3) is 0.0870. The second-order valence-electron chi connectivity index (χ2n) is 6.91. The monoisotopic (exact) mass is 481 g/mol. The molecular formula is C23H17BrClN3O2. The number of amides is 1. The Morgan fingerprint density at radius 3 is 2.63 bits per heavy atom. The fourth-order valence-electron chi connectivity index (χ4n) is 3.21. The number of fused-ring (bicyclic) bond motifs is 1. The molecule has 5 nitrogen and oxygen atoms in total. The van der Waals surface area contributed by atoms with E-state index >= 15 is 0 Å².